The van der Waals surface area contributed by atoms with Crippen molar-refractivity contribution < 1.29 is 0 Å². The van der Waals surface area contributed by atoms with Crippen LogP contribution < -0.4 is 5.32 Å². The van der Waals surface area contributed by atoms with Crippen molar-refractivity contribution in [3.05, 3.63) is 0 Å². The van der Waals surface area contributed by atoms with E-state index in [4.69, 9.17) is 0 Å². The minimum absolute atomic E-state index is 0.783. The summed E-state index contributed by atoms with van der Waals surface area (Å²) in [5.74, 6) is 0. The van der Waals surface area contributed by atoms with Crippen molar-refractivity contribution in [3.63, 3.8) is 0 Å². The van der Waals surface area contributed by atoms with Crippen molar-refractivity contribution in [2.24, 2.45) is 0 Å². The Morgan fingerprint density at radius 3 is 2.47 bits per heavy atom. The van der Waals surface area contributed by atoms with E-state index in [1.54, 1.807) is 0 Å². The van der Waals surface area contributed by atoms with Crippen LogP contribution >= 0.6 is 0 Å². The number of likely N-dealkylation sites (tertiary alicyclic amines) is 1. The molecule has 1 saturated heterocycles. The maximum Gasteiger partial charge on any atom is 0.0113 e. The average molecular weight is 267 g/mol. The maximum absolute atomic E-state index is 3.73. The van der Waals surface area contributed by atoms with Gasteiger partial charge in [0.15, 0.2) is 0 Å². The predicted octanol–water partition coefficient (Wildman–Crippen LogP) is 2.32. The molecule has 19 heavy (non-hydrogen) atoms. The van der Waals surface area contributed by atoms with Crippen molar-refractivity contribution in [3.8, 4) is 0 Å². The molecular formula is C16H33N3. The Morgan fingerprint density at radius 2 is 1.84 bits per heavy atom. The molecule has 0 aromatic carbocycles. The Bertz CT molecular complexity index is 246. The Hall–Kier alpha value is -0.120. The first-order valence-electron chi connectivity index (χ1n) is 8.34. The first kappa shape index (κ1) is 15.3. The van der Waals surface area contributed by atoms with Crippen LogP contribution in [0.25, 0.3) is 0 Å². The van der Waals surface area contributed by atoms with Crippen molar-refractivity contribution in [1.29, 1.82) is 0 Å². The average Bonchev–Trinajstić information content (AvgIpc) is 2.45. The number of hydrogen-bond donors (Lipinski definition) is 1. The van der Waals surface area contributed by atoms with Gasteiger partial charge in [0.05, 0.1) is 0 Å². The van der Waals surface area contributed by atoms with E-state index in [0.29, 0.717) is 0 Å². The number of nitrogens with zero attached hydrogens (tertiary/aromatic N) is 2. The summed E-state index contributed by atoms with van der Waals surface area (Å²) in [4.78, 5) is 5.18. The van der Waals surface area contributed by atoms with E-state index in [9.17, 15) is 0 Å². The molecule has 1 heterocycles. The van der Waals surface area contributed by atoms with Gasteiger partial charge in [0.2, 0.25) is 0 Å². The second-order valence-corrected chi connectivity index (χ2v) is 6.70. The highest BCUT2D eigenvalue weighted by Gasteiger charge is 2.29. The lowest BCUT2D eigenvalue weighted by Crippen LogP contribution is -2.49. The van der Waals surface area contributed by atoms with Gasteiger partial charge < -0.3 is 15.1 Å². The molecule has 1 aliphatic heterocycles. The van der Waals surface area contributed by atoms with Crippen LogP contribution in [0.1, 0.15) is 51.9 Å². The zero-order valence-electron chi connectivity index (χ0n) is 13.2. The summed E-state index contributed by atoms with van der Waals surface area (Å²) in [7, 11) is 4.46. The first-order chi connectivity index (χ1) is 9.20. The van der Waals surface area contributed by atoms with E-state index in [-0.39, 0.29) is 0 Å². The second-order valence-electron chi connectivity index (χ2n) is 6.70. The van der Waals surface area contributed by atoms with Gasteiger partial charge in [-0.1, -0.05) is 13.3 Å². The monoisotopic (exact) mass is 267 g/mol. The standard InChI is InChI=1S/C16H33N3/c1-4-10-17-14-6-5-7-16(13-14)19-11-8-15(9-12-19)18(2)3/h14-17H,4-13H2,1-3H3. The van der Waals surface area contributed by atoms with Gasteiger partial charge in [-0.2, -0.15) is 0 Å². The molecule has 3 nitrogen and oxygen atoms in total. The minimum atomic E-state index is 0.783. The lowest BCUT2D eigenvalue weighted by molar-refractivity contribution is 0.0818. The van der Waals surface area contributed by atoms with Crippen LogP contribution in [-0.4, -0.2) is 61.7 Å². The van der Waals surface area contributed by atoms with Crippen LogP contribution in [0.15, 0.2) is 0 Å². The third-order valence-electron chi connectivity index (χ3n) is 5.08. The molecule has 0 aromatic rings. The molecule has 2 aliphatic rings. The summed E-state index contributed by atoms with van der Waals surface area (Å²) in [5.41, 5.74) is 0. The largest absolute Gasteiger partial charge is 0.314 e. The zero-order chi connectivity index (χ0) is 13.7. The van der Waals surface area contributed by atoms with Gasteiger partial charge in [-0.15, -0.1) is 0 Å². The van der Waals surface area contributed by atoms with E-state index in [1.807, 2.05) is 0 Å². The fourth-order valence-electron chi connectivity index (χ4n) is 3.80. The van der Waals surface area contributed by atoms with E-state index in [2.05, 4.69) is 36.1 Å². The van der Waals surface area contributed by atoms with Gasteiger partial charge in [-0.25, -0.2) is 0 Å². The first-order valence-corrected chi connectivity index (χ1v) is 8.34. The quantitative estimate of drug-likeness (QED) is 0.825. The molecular weight excluding hydrogens is 234 g/mol. The van der Waals surface area contributed by atoms with Crippen LogP contribution in [0.2, 0.25) is 0 Å². The minimum Gasteiger partial charge on any atom is -0.314 e. The molecule has 2 rings (SSSR count). The molecule has 1 N–H and O–H groups in total. The molecule has 2 atom stereocenters. The highest BCUT2D eigenvalue weighted by Crippen LogP contribution is 2.26. The van der Waals surface area contributed by atoms with Crippen LogP contribution in [0.5, 0.6) is 0 Å². The van der Waals surface area contributed by atoms with Crippen molar-refractivity contribution >= 4 is 0 Å². The van der Waals surface area contributed by atoms with Crippen LogP contribution in [0.4, 0.5) is 0 Å². The Balaban J connectivity index is 1.75. The molecule has 1 saturated carbocycles. The number of rotatable bonds is 5. The molecule has 0 bridgehead atoms. The summed E-state index contributed by atoms with van der Waals surface area (Å²) in [6.45, 7) is 6.08. The molecule has 2 unspecified atom stereocenters. The van der Waals surface area contributed by atoms with E-state index in [0.717, 1.165) is 18.1 Å². The van der Waals surface area contributed by atoms with Gasteiger partial charge in [0, 0.05) is 18.1 Å². The smallest absolute Gasteiger partial charge is 0.0113 e. The van der Waals surface area contributed by atoms with Gasteiger partial charge in [-0.05, 0) is 72.3 Å². The zero-order valence-corrected chi connectivity index (χ0v) is 13.2. The van der Waals surface area contributed by atoms with Gasteiger partial charge in [0.1, 0.15) is 0 Å². The lowest BCUT2D eigenvalue weighted by Gasteiger charge is -2.42. The second kappa shape index (κ2) is 7.61. The number of nitrogens with one attached hydrogen (secondary N) is 1. The molecule has 112 valence electrons. The fourth-order valence-corrected chi connectivity index (χ4v) is 3.80. The van der Waals surface area contributed by atoms with Crippen molar-refractivity contribution in [1.82, 2.24) is 15.1 Å². The van der Waals surface area contributed by atoms with Gasteiger partial charge in [-0.3, -0.25) is 0 Å². The number of piperidine rings is 1. The Morgan fingerprint density at radius 1 is 1.11 bits per heavy atom. The third-order valence-corrected chi connectivity index (χ3v) is 5.08. The predicted molar refractivity (Wildman–Crippen MR) is 82.6 cm³/mol. The highest BCUT2D eigenvalue weighted by atomic mass is 15.2. The normalized spacial score (nSPS) is 30.9. The van der Waals surface area contributed by atoms with Crippen molar-refractivity contribution in [2.45, 2.75) is 70.0 Å². The molecule has 1 aliphatic carbocycles. The maximum atomic E-state index is 3.73. The number of hydrogen-bond acceptors (Lipinski definition) is 3. The van der Waals surface area contributed by atoms with E-state index in [1.165, 1.54) is 64.6 Å². The van der Waals surface area contributed by atoms with Crippen LogP contribution in [-0.2, 0) is 0 Å². The summed E-state index contributed by atoms with van der Waals surface area (Å²) in [5, 5.41) is 3.73. The third kappa shape index (κ3) is 4.44. The Kier molecular flexibility index (Phi) is 6.11. The van der Waals surface area contributed by atoms with Gasteiger partial charge in [0.25, 0.3) is 0 Å². The topological polar surface area (TPSA) is 18.5 Å². The summed E-state index contributed by atoms with van der Waals surface area (Å²) < 4.78 is 0. The summed E-state index contributed by atoms with van der Waals surface area (Å²) in [6, 6.07) is 2.45. The lowest BCUT2D eigenvalue weighted by atomic mass is 9.88. The summed E-state index contributed by atoms with van der Waals surface area (Å²) in [6.07, 6.45) is 9.59. The van der Waals surface area contributed by atoms with Crippen molar-refractivity contribution in [2.75, 3.05) is 33.7 Å². The molecule has 2 fully saturated rings. The molecule has 0 aromatic heterocycles. The van der Waals surface area contributed by atoms with E-state index < -0.39 is 0 Å². The van der Waals surface area contributed by atoms with Crippen LogP contribution in [0, 0.1) is 0 Å². The van der Waals surface area contributed by atoms with Gasteiger partial charge >= 0.3 is 0 Å². The molecule has 3 heteroatoms. The highest BCUT2D eigenvalue weighted by molar-refractivity contribution is 4.87. The fraction of sp³-hybridized carbons (Fsp3) is 1.00. The summed E-state index contributed by atoms with van der Waals surface area (Å²) >= 11 is 0. The Labute approximate surface area is 119 Å². The SMILES string of the molecule is CCCNC1CCCC(N2CCC(N(C)C)CC2)C1. The molecule has 0 radical (unpaired) electrons. The molecule has 0 spiro atoms. The van der Waals surface area contributed by atoms with Crippen LogP contribution in [0.3, 0.4) is 0 Å². The molecule has 0 amide bonds. The van der Waals surface area contributed by atoms with E-state index >= 15 is 0 Å².